The van der Waals surface area contributed by atoms with Crippen molar-refractivity contribution in [1.82, 2.24) is 0 Å². The lowest BCUT2D eigenvalue weighted by atomic mass is 10.0. The second kappa shape index (κ2) is 39.2. The summed E-state index contributed by atoms with van der Waals surface area (Å²) in [6.07, 6.45) is 55.4. The molecule has 0 aromatic heterocycles. The highest BCUT2D eigenvalue weighted by molar-refractivity contribution is 5.66. The standard InChI is InChI=1S/C41H80O2/c1-2-3-4-5-6-7-8-9-10-11-12-13-14-15-16-17-18-19-20-21-22-23-24-25-26-27-28-29-30-31-32-33-34-35-36-37-38-39-40-41(42)43/h18-19H,2-17,20-40H2,1H3,(H,42,43)/b19-18-. The van der Waals surface area contributed by atoms with Crippen molar-refractivity contribution in [1.29, 1.82) is 0 Å². The van der Waals surface area contributed by atoms with E-state index in [2.05, 4.69) is 19.1 Å². The number of carboxylic acids is 1. The molecular weight excluding hydrogens is 524 g/mol. The van der Waals surface area contributed by atoms with Crippen molar-refractivity contribution in [3.63, 3.8) is 0 Å². The minimum absolute atomic E-state index is 0.345. The molecule has 0 aromatic carbocycles. The van der Waals surface area contributed by atoms with Crippen LogP contribution in [0.15, 0.2) is 12.2 Å². The molecule has 0 bridgehead atoms. The van der Waals surface area contributed by atoms with Crippen molar-refractivity contribution in [2.75, 3.05) is 0 Å². The van der Waals surface area contributed by atoms with Gasteiger partial charge in [-0.3, -0.25) is 4.79 Å². The predicted molar refractivity (Wildman–Crippen MR) is 193 cm³/mol. The van der Waals surface area contributed by atoms with E-state index in [4.69, 9.17) is 5.11 Å². The Hall–Kier alpha value is -0.790. The molecule has 43 heavy (non-hydrogen) atoms. The zero-order valence-electron chi connectivity index (χ0n) is 29.7. The van der Waals surface area contributed by atoms with Crippen LogP contribution in [0.5, 0.6) is 0 Å². The van der Waals surface area contributed by atoms with Crippen molar-refractivity contribution in [3.8, 4) is 0 Å². The Kier molecular flexibility index (Phi) is 38.5. The number of hydrogen-bond acceptors (Lipinski definition) is 1. The molecule has 0 amide bonds. The third-order valence-electron chi connectivity index (χ3n) is 9.40. The van der Waals surface area contributed by atoms with Crippen LogP contribution in [0.1, 0.15) is 244 Å². The zero-order chi connectivity index (χ0) is 31.2. The molecule has 1 N–H and O–H groups in total. The van der Waals surface area contributed by atoms with Crippen molar-refractivity contribution in [2.45, 2.75) is 244 Å². The van der Waals surface area contributed by atoms with Gasteiger partial charge in [-0.1, -0.05) is 218 Å². The van der Waals surface area contributed by atoms with Crippen molar-refractivity contribution in [2.24, 2.45) is 0 Å². The van der Waals surface area contributed by atoms with Gasteiger partial charge in [-0.05, 0) is 32.1 Å². The predicted octanol–water partition coefficient (Wildman–Crippen LogP) is 15.1. The number of aliphatic carboxylic acids is 1. The highest BCUT2D eigenvalue weighted by atomic mass is 16.4. The van der Waals surface area contributed by atoms with Gasteiger partial charge in [0, 0.05) is 6.42 Å². The van der Waals surface area contributed by atoms with Gasteiger partial charge >= 0.3 is 5.97 Å². The van der Waals surface area contributed by atoms with Gasteiger partial charge in [0.25, 0.3) is 0 Å². The van der Waals surface area contributed by atoms with Crippen LogP contribution < -0.4 is 0 Å². The summed E-state index contributed by atoms with van der Waals surface area (Å²) in [6, 6.07) is 0. The van der Waals surface area contributed by atoms with E-state index >= 15 is 0 Å². The molecule has 2 heteroatoms. The van der Waals surface area contributed by atoms with E-state index in [1.807, 2.05) is 0 Å². The maximum Gasteiger partial charge on any atom is 0.303 e. The van der Waals surface area contributed by atoms with Gasteiger partial charge in [-0.2, -0.15) is 0 Å². The van der Waals surface area contributed by atoms with Gasteiger partial charge in [-0.25, -0.2) is 0 Å². The van der Waals surface area contributed by atoms with Gasteiger partial charge in [0.2, 0.25) is 0 Å². The van der Waals surface area contributed by atoms with E-state index in [0.717, 1.165) is 12.8 Å². The Bertz CT molecular complexity index is 540. The molecule has 0 aliphatic heterocycles. The van der Waals surface area contributed by atoms with E-state index in [9.17, 15) is 4.79 Å². The fourth-order valence-electron chi connectivity index (χ4n) is 6.41. The Balaban J connectivity index is 3.09. The average Bonchev–Trinajstić information content (AvgIpc) is 3.00. The quantitative estimate of drug-likeness (QED) is 0.0562. The molecule has 0 fully saturated rings. The van der Waals surface area contributed by atoms with Gasteiger partial charge in [0.1, 0.15) is 0 Å². The molecule has 2 nitrogen and oxygen atoms in total. The molecule has 0 aliphatic rings. The van der Waals surface area contributed by atoms with Crippen LogP contribution in [0.3, 0.4) is 0 Å². The van der Waals surface area contributed by atoms with Crippen LogP contribution in [0, 0.1) is 0 Å². The summed E-state index contributed by atoms with van der Waals surface area (Å²) in [5, 5.41) is 8.64. The molecule has 0 atom stereocenters. The smallest absolute Gasteiger partial charge is 0.303 e. The van der Waals surface area contributed by atoms with Gasteiger partial charge in [-0.15, -0.1) is 0 Å². The first kappa shape index (κ1) is 42.2. The van der Waals surface area contributed by atoms with Crippen molar-refractivity contribution in [3.05, 3.63) is 12.2 Å². The minimum atomic E-state index is -0.649. The second-order valence-corrected chi connectivity index (χ2v) is 13.9. The molecule has 256 valence electrons. The molecule has 0 aromatic rings. The molecule has 0 heterocycles. The first-order valence-corrected chi connectivity index (χ1v) is 20.1. The monoisotopic (exact) mass is 605 g/mol. The number of rotatable bonds is 38. The number of hydrogen-bond donors (Lipinski definition) is 1. The zero-order valence-corrected chi connectivity index (χ0v) is 29.7. The van der Waals surface area contributed by atoms with E-state index in [-0.39, 0.29) is 0 Å². The second-order valence-electron chi connectivity index (χ2n) is 13.9. The van der Waals surface area contributed by atoms with Crippen LogP contribution in [-0.2, 0) is 4.79 Å². The maximum atomic E-state index is 10.5. The lowest BCUT2D eigenvalue weighted by Crippen LogP contribution is -1.93. The summed E-state index contributed by atoms with van der Waals surface area (Å²) in [4.78, 5) is 10.5. The first-order valence-electron chi connectivity index (χ1n) is 20.1. The Morgan fingerprint density at radius 2 is 0.558 bits per heavy atom. The van der Waals surface area contributed by atoms with Crippen molar-refractivity contribution < 1.29 is 9.90 Å². The fraction of sp³-hybridized carbons (Fsp3) is 0.927. The third kappa shape index (κ3) is 41.2. The van der Waals surface area contributed by atoms with E-state index in [1.165, 1.54) is 218 Å². The SMILES string of the molecule is CCCCCCCCCCCCCCCCC/C=C\CCCCCCCCCCCCCCCCCCCCCC(=O)O. The summed E-state index contributed by atoms with van der Waals surface area (Å²) in [5.41, 5.74) is 0. The highest BCUT2D eigenvalue weighted by Crippen LogP contribution is 2.16. The van der Waals surface area contributed by atoms with Crippen molar-refractivity contribution >= 4 is 5.97 Å². The van der Waals surface area contributed by atoms with E-state index in [1.54, 1.807) is 0 Å². The Labute approximate surface area is 272 Å². The van der Waals surface area contributed by atoms with E-state index < -0.39 is 5.97 Å². The van der Waals surface area contributed by atoms with Crippen LogP contribution >= 0.6 is 0 Å². The Morgan fingerprint density at radius 1 is 0.349 bits per heavy atom. The topological polar surface area (TPSA) is 37.3 Å². The lowest BCUT2D eigenvalue weighted by Gasteiger charge is -2.04. The molecule has 0 unspecified atom stereocenters. The average molecular weight is 605 g/mol. The molecule has 0 radical (unpaired) electrons. The largest absolute Gasteiger partial charge is 0.481 e. The minimum Gasteiger partial charge on any atom is -0.481 e. The first-order chi connectivity index (χ1) is 21.3. The fourth-order valence-corrected chi connectivity index (χ4v) is 6.41. The summed E-state index contributed by atoms with van der Waals surface area (Å²) < 4.78 is 0. The summed E-state index contributed by atoms with van der Waals surface area (Å²) >= 11 is 0. The molecule has 0 saturated carbocycles. The summed E-state index contributed by atoms with van der Waals surface area (Å²) in [7, 11) is 0. The summed E-state index contributed by atoms with van der Waals surface area (Å²) in [6.45, 7) is 2.30. The van der Waals surface area contributed by atoms with Crippen LogP contribution in [0.25, 0.3) is 0 Å². The number of unbranched alkanes of at least 4 members (excludes halogenated alkanes) is 34. The van der Waals surface area contributed by atoms with Gasteiger partial charge in [0.05, 0.1) is 0 Å². The molecule has 0 saturated heterocycles. The molecule has 0 aliphatic carbocycles. The summed E-state index contributed by atoms with van der Waals surface area (Å²) in [5.74, 6) is -0.649. The third-order valence-corrected chi connectivity index (χ3v) is 9.40. The Morgan fingerprint density at radius 3 is 0.791 bits per heavy atom. The van der Waals surface area contributed by atoms with Gasteiger partial charge < -0.3 is 5.11 Å². The van der Waals surface area contributed by atoms with Crippen LogP contribution in [0.4, 0.5) is 0 Å². The highest BCUT2D eigenvalue weighted by Gasteiger charge is 1.98. The molecule has 0 spiro atoms. The molecular formula is C41H80O2. The van der Waals surface area contributed by atoms with Crippen LogP contribution in [0.2, 0.25) is 0 Å². The van der Waals surface area contributed by atoms with Crippen LogP contribution in [-0.4, -0.2) is 11.1 Å². The number of carbonyl (C=O) groups is 1. The normalized spacial score (nSPS) is 11.7. The maximum absolute atomic E-state index is 10.5. The molecule has 0 rings (SSSR count). The number of allylic oxidation sites excluding steroid dienone is 2. The van der Waals surface area contributed by atoms with Gasteiger partial charge in [0.15, 0.2) is 0 Å². The van der Waals surface area contributed by atoms with E-state index in [0.29, 0.717) is 6.42 Å². The number of carboxylic acid groups (broad SMARTS) is 1. The lowest BCUT2D eigenvalue weighted by molar-refractivity contribution is -0.137.